The summed E-state index contributed by atoms with van der Waals surface area (Å²) in [7, 11) is 0. The Morgan fingerprint density at radius 1 is 1.75 bits per heavy atom. The van der Waals surface area contributed by atoms with Crippen molar-refractivity contribution in [3.63, 3.8) is 0 Å². The van der Waals surface area contributed by atoms with Crippen LogP contribution in [-0.2, 0) is 10.1 Å². The molecule has 0 unspecified atom stereocenters. The van der Waals surface area contributed by atoms with Crippen molar-refractivity contribution in [2.24, 2.45) is 0 Å². The van der Waals surface area contributed by atoms with Crippen molar-refractivity contribution in [3.05, 3.63) is 21.9 Å². The normalized spacial score (nSPS) is 9.83. The summed E-state index contributed by atoms with van der Waals surface area (Å²) in [6, 6.07) is 1.84. The molecule has 0 aromatic carbocycles. The molecular formula is C8H9BrO2S. The van der Waals surface area contributed by atoms with Crippen molar-refractivity contribution < 1.29 is 9.53 Å². The summed E-state index contributed by atoms with van der Waals surface area (Å²) < 4.78 is 4.84. The van der Waals surface area contributed by atoms with Crippen molar-refractivity contribution in [1.82, 2.24) is 0 Å². The van der Waals surface area contributed by atoms with E-state index in [-0.39, 0.29) is 5.97 Å². The molecule has 0 spiro atoms. The van der Waals surface area contributed by atoms with Crippen LogP contribution in [0.1, 0.15) is 22.2 Å². The number of rotatable bonds is 3. The lowest BCUT2D eigenvalue weighted by Gasteiger charge is -1.96. The van der Waals surface area contributed by atoms with E-state index in [0.717, 1.165) is 10.2 Å². The monoisotopic (exact) mass is 248 g/mol. The fourth-order valence-electron chi connectivity index (χ4n) is 0.772. The molecule has 0 aliphatic carbocycles. The van der Waals surface area contributed by atoms with Crippen LogP contribution in [0.3, 0.4) is 0 Å². The van der Waals surface area contributed by atoms with Crippen LogP contribution in [0, 0.1) is 0 Å². The van der Waals surface area contributed by atoms with Gasteiger partial charge in [0.1, 0.15) is 0 Å². The van der Waals surface area contributed by atoms with Gasteiger partial charge in [-0.05, 0) is 13.0 Å². The minimum atomic E-state index is -0.235. The average molecular weight is 249 g/mol. The van der Waals surface area contributed by atoms with E-state index in [4.69, 9.17) is 4.74 Å². The van der Waals surface area contributed by atoms with E-state index in [1.165, 1.54) is 0 Å². The maximum atomic E-state index is 11.1. The molecular weight excluding hydrogens is 240 g/mol. The van der Waals surface area contributed by atoms with Gasteiger partial charge in [-0.3, -0.25) is 0 Å². The number of carbonyl (C=O) groups excluding carboxylic acids is 1. The molecule has 12 heavy (non-hydrogen) atoms. The van der Waals surface area contributed by atoms with Gasteiger partial charge in [0.2, 0.25) is 0 Å². The highest BCUT2D eigenvalue weighted by molar-refractivity contribution is 9.08. The van der Waals surface area contributed by atoms with Gasteiger partial charge < -0.3 is 4.74 Å². The van der Waals surface area contributed by atoms with Crippen molar-refractivity contribution in [3.8, 4) is 0 Å². The van der Waals surface area contributed by atoms with Crippen LogP contribution in [-0.4, -0.2) is 12.6 Å². The molecule has 0 amide bonds. The lowest BCUT2D eigenvalue weighted by Crippen LogP contribution is -2.02. The summed E-state index contributed by atoms with van der Waals surface area (Å²) >= 11 is 4.87. The summed E-state index contributed by atoms with van der Waals surface area (Å²) in [5, 5.41) is 2.60. The van der Waals surface area contributed by atoms with Gasteiger partial charge >= 0.3 is 5.97 Å². The van der Waals surface area contributed by atoms with Gasteiger partial charge in [0.15, 0.2) is 0 Å². The van der Waals surface area contributed by atoms with Gasteiger partial charge in [-0.2, -0.15) is 0 Å². The Morgan fingerprint density at radius 3 is 3.00 bits per heavy atom. The number of carbonyl (C=O) groups is 1. The smallest absolute Gasteiger partial charge is 0.338 e. The Labute approximate surface area is 83.7 Å². The fourth-order valence-corrected chi connectivity index (χ4v) is 2.03. The Balaban J connectivity index is 2.68. The lowest BCUT2D eigenvalue weighted by atomic mass is 10.3. The van der Waals surface area contributed by atoms with Crippen LogP contribution >= 0.6 is 27.3 Å². The van der Waals surface area contributed by atoms with E-state index in [9.17, 15) is 4.79 Å². The van der Waals surface area contributed by atoms with Crippen LogP contribution in [0.4, 0.5) is 0 Å². The zero-order valence-electron chi connectivity index (χ0n) is 6.67. The fraction of sp³-hybridized carbons (Fsp3) is 0.375. The molecule has 0 saturated carbocycles. The third-order valence-electron chi connectivity index (χ3n) is 1.30. The van der Waals surface area contributed by atoms with Crippen molar-refractivity contribution in [2.45, 2.75) is 12.3 Å². The third kappa shape index (κ3) is 2.32. The SMILES string of the molecule is CCOC(=O)c1csc(CBr)c1. The molecule has 1 aromatic heterocycles. The Morgan fingerprint density at radius 2 is 2.50 bits per heavy atom. The van der Waals surface area contributed by atoms with Gasteiger partial charge in [0.25, 0.3) is 0 Å². The molecule has 1 rings (SSSR count). The summed E-state index contributed by atoms with van der Waals surface area (Å²) in [6.07, 6.45) is 0. The second-order valence-corrected chi connectivity index (χ2v) is 3.71. The highest BCUT2D eigenvalue weighted by Gasteiger charge is 2.07. The second kappa shape index (κ2) is 4.62. The highest BCUT2D eigenvalue weighted by atomic mass is 79.9. The molecule has 0 N–H and O–H groups in total. The van der Waals surface area contributed by atoms with Crippen LogP contribution in [0.15, 0.2) is 11.4 Å². The maximum Gasteiger partial charge on any atom is 0.338 e. The quantitative estimate of drug-likeness (QED) is 0.608. The molecule has 2 nitrogen and oxygen atoms in total. The molecule has 0 aliphatic rings. The molecule has 0 atom stereocenters. The first-order valence-electron chi connectivity index (χ1n) is 3.58. The Bertz CT molecular complexity index is 270. The highest BCUT2D eigenvalue weighted by Crippen LogP contribution is 2.17. The number of thiophene rings is 1. The van der Waals surface area contributed by atoms with Crippen LogP contribution in [0.25, 0.3) is 0 Å². The predicted molar refractivity (Wildman–Crippen MR) is 52.9 cm³/mol. The zero-order chi connectivity index (χ0) is 8.97. The third-order valence-corrected chi connectivity index (χ3v) is 3.21. The predicted octanol–water partition coefficient (Wildman–Crippen LogP) is 2.82. The van der Waals surface area contributed by atoms with Crippen LogP contribution in [0.5, 0.6) is 0 Å². The van der Waals surface area contributed by atoms with E-state index >= 15 is 0 Å². The van der Waals surface area contributed by atoms with E-state index in [0.29, 0.717) is 12.2 Å². The molecule has 1 aromatic rings. The Hall–Kier alpha value is -0.350. The molecule has 0 bridgehead atoms. The molecule has 0 radical (unpaired) electrons. The standard InChI is InChI=1S/C8H9BrO2S/c1-2-11-8(10)6-3-7(4-9)12-5-6/h3,5H,2,4H2,1H3. The first-order valence-corrected chi connectivity index (χ1v) is 5.58. The first-order chi connectivity index (χ1) is 5.77. The largest absolute Gasteiger partial charge is 0.462 e. The van der Waals surface area contributed by atoms with Crippen molar-refractivity contribution in [1.29, 1.82) is 0 Å². The number of hydrogen-bond acceptors (Lipinski definition) is 3. The molecule has 0 fully saturated rings. The number of ether oxygens (including phenoxy) is 1. The van der Waals surface area contributed by atoms with Crippen LogP contribution in [0.2, 0.25) is 0 Å². The summed E-state index contributed by atoms with van der Waals surface area (Å²) in [5.74, 6) is -0.235. The summed E-state index contributed by atoms with van der Waals surface area (Å²) in [6.45, 7) is 2.23. The van der Waals surface area contributed by atoms with Crippen molar-refractivity contribution in [2.75, 3.05) is 6.61 Å². The molecule has 1 heterocycles. The van der Waals surface area contributed by atoms with E-state index in [1.54, 1.807) is 18.3 Å². The second-order valence-electron chi connectivity index (χ2n) is 2.16. The molecule has 66 valence electrons. The summed E-state index contributed by atoms with van der Waals surface area (Å²) in [4.78, 5) is 12.3. The Kier molecular flexibility index (Phi) is 3.75. The summed E-state index contributed by atoms with van der Waals surface area (Å²) in [5.41, 5.74) is 0.649. The van der Waals surface area contributed by atoms with Crippen molar-refractivity contribution >= 4 is 33.2 Å². The zero-order valence-corrected chi connectivity index (χ0v) is 9.07. The van der Waals surface area contributed by atoms with Gasteiger partial charge in [-0.1, -0.05) is 15.9 Å². The van der Waals surface area contributed by atoms with Crippen LogP contribution < -0.4 is 0 Å². The minimum Gasteiger partial charge on any atom is -0.462 e. The molecule has 0 aliphatic heterocycles. The lowest BCUT2D eigenvalue weighted by molar-refractivity contribution is 0.0527. The maximum absolute atomic E-state index is 11.1. The molecule has 4 heteroatoms. The first kappa shape index (κ1) is 9.74. The van der Waals surface area contributed by atoms with Gasteiger partial charge in [0, 0.05) is 15.6 Å². The number of esters is 1. The van der Waals surface area contributed by atoms with Gasteiger partial charge in [0.05, 0.1) is 12.2 Å². The van der Waals surface area contributed by atoms with E-state index in [2.05, 4.69) is 15.9 Å². The van der Waals surface area contributed by atoms with E-state index < -0.39 is 0 Å². The van der Waals surface area contributed by atoms with E-state index in [1.807, 2.05) is 11.4 Å². The minimum absolute atomic E-state index is 0.235. The topological polar surface area (TPSA) is 26.3 Å². The van der Waals surface area contributed by atoms with Gasteiger partial charge in [-0.25, -0.2) is 4.79 Å². The number of alkyl halides is 1. The average Bonchev–Trinajstić information content (AvgIpc) is 2.52. The van der Waals surface area contributed by atoms with Gasteiger partial charge in [-0.15, -0.1) is 11.3 Å². The molecule has 0 saturated heterocycles. The number of hydrogen-bond donors (Lipinski definition) is 0. The number of halogens is 1.